The Hall–Kier alpha value is -3.92. The van der Waals surface area contributed by atoms with Crippen molar-refractivity contribution < 1.29 is 14.2 Å². The highest BCUT2D eigenvalue weighted by Gasteiger charge is 2.30. The van der Waals surface area contributed by atoms with Crippen molar-refractivity contribution in [1.29, 1.82) is 0 Å². The fourth-order valence-corrected chi connectivity index (χ4v) is 6.06. The first-order valence-corrected chi connectivity index (χ1v) is 14.2. The summed E-state index contributed by atoms with van der Waals surface area (Å²) in [7, 11) is 1.69. The number of H-pyrrole nitrogens is 1. The molecule has 40 heavy (non-hydrogen) atoms. The third kappa shape index (κ3) is 5.28. The number of para-hydroxylation sites is 1. The maximum absolute atomic E-state index is 13.4. The highest BCUT2D eigenvalue weighted by Crippen LogP contribution is 2.35. The number of methoxy groups -OCH3 is 1. The molecule has 2 aliphatic rings. The number of ether oxygens (including phenoxy) is 3. The second-order valence-corrected chi connectivity index (χ2v) is 10.6. The number of hydrogen-bond acceptors (Lipinski definition) is 8. The van der Waals surface area contributed by atoms with Crippen LogP contribution in [-0.2, 0) is 13.1 Å². The van der Waals surface area contributed by atoms with Crippen LogP contribution in [0.5, 0.6) is 17.2 Å². The SMILES string of the molecule is CC[C@H](c1nnnn1C1CCCCC1)N(Cc1ccccc1OC)Cc1cc2cc3c(cc2[nH]c1=O)OCCO3. The standard InChI is InChI=1S/C30H36N6O4/c1-3-25(29-32-33-34-36(29)23-10-5-4-6-11-23)35(18-20-9-7-8-12-26(20)38-2)19-22-15-21-16-27-28(40-14-13-39-27)17-24(21)31-30(22)37/h7-9,12,15-17,23,25H,3-6,10-11,13-14,18-19H2,1-2H3,(H,31,37)/t25-/m1/s1. The van der Waals surface area contributed by atoms with E-state index in [4.69, 9.17) is 14.2 Å². The van der Waals surface area contributed by atoms with E-state index in [1.807, 2.05) is 41.1 Å². The Morgan fingerprint density at radius 3 is 2.58 bits per heavy atom. The Morgan fingerprint density at radius 1 is 1.05 bits per heavy atom. The zero-order chi connectivity index (χ0) is 27.5. The number of pyridine rings is 1. The predicted molar refractivity (Wildman–Crippen MR) is 151 cm³/mol. The molecule has 0 spiro atoms. The van der Waals surface area contributed by atoms with Crippen LogP contribution in [0, 0.1) is 0 Å². The molecule has 0 amide bonds. The van der Waals surface area contributed by atoms with E-state index in [9.17, 15) is 4.79 Å². The van der Waals surface area contributed by atoms with Crippen LogP contribution in [0.2, 0.25) is 0 Å². The van der Waals surface area contributed by atoms with Gasteiger partial charge in [-0.1, -0.05) is 44.4 Å². The van der Waals surface area contributed by atoms with Crippen LogP contribution in [0.3, 0.4) is 0 Å². The minimum atomic E-state index is -0.129. The van der Waals surface area contributed by atoms with Crippen LogP contribution < -0.4 is 19.8 Å². The molecule has 1 aliphatic heterocycles. The number of aromatic nitrogens is 5. The number of benzene rings is 2. The van der Waals surface area contributed by atoms with Crippen molar-refractivity contribution in [3.63, 3.8) is 0 Å². The molecule has 0 radical (unpaired) electrons. The van der Waals surface area contributed by atoms with Gasteiger partial charge < -0.3 is 19.2 Å². The Kier molecular flexibility index (Phi) is 7.68. The van der Waals surface area contributed by atoms with Gasteiger partial charge in [0.1, 0.15) is 19.0 Å². The van der Waals surface area contributed by atoms with Gasteiger partial charge in [0, 0.05) is 35.7 Å². The summed E-state index contributed by atoms with van der Waals surface area (Å²) in [5.41, 5.74) is 2.30. The first kappa shape index (κ1) is 26.3. The topological polar surface area (TPSA) is 107 Å². The van der Waals surface area contributed by atoms with Gasteiger partial charge in [-0.15, -0.1) is 5.10 Å². The summed E-state index contributed by atoms with van der Waals surface area (Å²) in [5, 5.41) is 14.0. The molecule has 1 atom stereocenters. The van der Waals surface area contributed by atoms with Crippen LogP contribution in [0.4, 0.5) is 0 Å². The number of tetrazole rings is 1. The van der Waals surface area contributed by atoms with Crippen molar-refractivity contribution >= 4 is 10.9 Å². The van der Waals surface area contributed by atoms with E-state index >= 15 is 0 Å². The molecule has 1 saturated carbocycles. The number of nitrogens with zero attached hydrogens (tertiary/aromatic N) is 5. The first-order chi connectivity index (χ1) is 19.6. The van der Waals surface area contributed by atoms with Gasteiger partial charge in [-0.05, 0) is 47.9 Å². The molecule has 0 unspecified atom stereocenters. The van der Waals surface area contributed by atoms with Gasteiger partial charge in [-0.3, -0.25) is 9.69 Å². The highest BCUT2D eigenvalue weighted by molar-refractivity contribution is 5.83. The van der Waals surface area contributed by atoms with E-state index in [1.165, 1.54) is 19.3 Å². The van der Waals surface area contributed by atoms with Crippen molar-refractivity contribution in [3.05, 3.63) is 69.8 Å². The van der Waals surface area contributed by atoms with Gasteiger partial charge in [0.15, 0.2) is 17.3 Å². The predicted octanol–water partition coefficient (Wildman–Crippen LogP) is 4.95. The summed E-state index contributed by atoms with van der Waals surface area (Å²) >= 11 is 0. The molecule has 10 heteroatoms. The highest BCUT2D eigenvalue weighted by atomic mass is 16.6. The molecule has 0 bridgehead atoms. The van der Waals surface area contributed by atoms with Crippen molar-refractivity contribution in [3.8, 4) is 17.2 Å². The lowest BCUT2D eigenvalue weighted by Crippen LogP contribution is -2.33. The summed E-state index contributed by atoms with van der Waals surface area (Å²) in [5.74, 6) is 3.01. The third-order valence-electron chi connectivity index (χ3n) is 8.09. The lowest BCUT2D eigenvalue weighted by Gasteiger charge is -2.32. The Balaban J connectivity index is 1.39. The molecule has 6 rings (SSSR count). The normalized spacial score (nSPS) is 16.4. The van der Waals surface area contributed by atoms with Gasteiger partial charge in [0.2, 0.25) is 0 Å². The maximum atomic E-state index is 13.4. The van der Waals surface area contributed by atoms with E-state index in [0.29, 0.717) is 49.4 Å². The smallest absolute Gasteiger partial charge is 0.252 e. The van der Waals surface area contributed by atoms with Crippen molar-refractivity contribution in [2.75, 3.05) is 20.3 Å². The summed E-state index contributed by atoms with van der Waals surface area (Å²) in [4.78, 5) is 18.8. The van der Waals surface area contributed by atoms with Crippen molar-refractivity contribution in [2.24, 2.45) is 0 Å². The van der Waals surface area contributed by atoms with Crippen LogP contribution in [-0.4, -0.2) is 50.4 Å². The summed E-state index contributed by atoms with van der Waals surface area (Å²) < 4.78 is 19.2. The van der Waals surface area contributed by atoms with Crippen LogP contribution in [0.15, 0.2) is 47.3 Å². The fourth-order valence-electron chi connectivity index (χ4n) is 6.06. The number of rotatable bonds is 9. The quantitative estimate of drug-likeness (QED) is 0.315. The summed E-state index contributed by atoms with van der Waals surface area (Å²) in [6.45, 7) is 4.13. The number of hydrogen-bond donors (Lipinski definition) is 1. The molecule has 210 valence electrons. The van der Waals surface area contributed by atoms with Gasteiger partial charge in [-0.25, -0.2) is 4.68 Å². The Labute approximate surface area is 233 Å². The van der Waals surface area contributed by atoms with Crippen molar-refractivity contribution in [1.82, 2.24) is 30.1 Å². The number of nitrogens with one attached hydrogen (secondary N) is 1. The zero-order valence-corrected chi connectivity index (χ0v) is 23.1. The van der Waals surface area contributed by atoms with Gasteiger partial charge in [-0.2, -0.15) is 0 Å². The second-order valence-electron chi connectivity index (χ2n) is 10.6. The monoisotopic (exact) mass is 544 g/mol. The third-order valence-corrected chi connectivity index (χ3v) is 8.09. The van der Waals surface area contributed by atoms with Crippen LogP contribution in [0.1, 0.15) is 74.5 Å². The van der Waals surface area contributed by atoms with Crippen LogP contribution in [0.25, 0.3) is 10.9 Å². The average Bonchev–Trinajstić information content (AvgIpc) is 3.47. The first-order valence-electron chi connectivity index (χ1n) is 14.2. The number of fused-ring (bicyclic) bond motifs is 2. The minimum Gasteiger partial charge on any atom is -0.496 e. The average molecular weight is 545 g/mol. The Morgan fingerprint density at radius 2 is 1.80 bits per heavy atom. The molecule has 0 saturated heterocycles. The molecule has 4 aromatic rings. The molecule has 1 fully saturated rings. The lowest BCUT2D eigenvalue weighted by atomic mass is 9.95. The second kappa shape index (κ2) is 11.7. The molecule has 1 N–H and O–H groups in total. The van der Waals surface area contributed by atoms with E-state index in [1.54, 1.807) is 7.11 Å². The molecule has 3 heterocycles. The van der Waals surface area contributed by atoms with Crippen molar-refractivity contribution in [2.45, 2.75) is 70.6 Å². The zero-order valence-electron chi connectivity index (χ0n) is 23.1. The molecular weight excluding hydrogens is 508 g/mol. The summed E-state index contributed by atoms with van der Waals surface area (Å²) in [6, 6.07) is 14.0. The lowest BCUT2D eigenvalue weighted by molar-refractivity contribution is 0.153. The van der Waals surface area contributed by atoms with E-state index in [2.05, 4.69) is 38.4 Å². The van der Waals surface area contributed by atoms with E-state index < -0.39 is 0 Å². The molecule has 2 aromatic heterocycles. The van der Waals surface area contributed by atoms with Gasteiger partial charge in [0.25, 0.3) is 5.56 Å². The molecule has 2 aromatic carbocycles. The maximum Gasteiger partial charge on any atom is 0.252 e. The van der Waals surface area contributed by atoms with Gasteiger partial charge >= 0.3 is 0 Å². The minimum absolute atomic E-state index is 0.0998. The summed E-state index contributed by atoms with van der Waals surface area (Å²) in [6.07, 6.45) is 6.60. The van der Waals surface area contributed by atoms with Gasteiger partial charge in [0.05, 0.1) is 24.7 Å². The van der Waals surface area contributed by atoms with E-state index in [-0.39, 0.29) is 11.6 Å². The largest absolute Gasteiger partial charge is 0.496 e. The fraction of sp³-hybridized carbons (Fsp3) is 0.467. The van der Waals surface area contributed by atoms with Crippen LogP contribution >= 0.6 is 0 Å². The van der Waals surface area contributed by atoms with E-state index in [0.717, 1.165) is 47.3 Å². The molecular formula is C30H36N6O4. The Bertz CT molecular complexity index is 1530. The molecule has 1 aliphatic carbocycles. The molecule has 10 nitrogen and oxygen atoms in total. The number of aromatic amines is 1.